The molecule has 1 amide bonds. The highest BCUT2D eigenvalue weighted by molar-refractivity contribution is 6.31. The van der Waals surface area contributed by atoms with Gasteiger partial charge < -0.3 is 10.1 Å². The van der Waals surface area contributed by atoms with Gasteiger partial charge >= 0.3 is 6.18 Å². The second-order valence-corrected chi connectivity index (χ2v) is 6.80. The Labute approximate surface area is 178 Å². The van der Waals surface area contributed by atoms with Crippen LogP contribution in [0.25, 0.3) is 5.69 Å². The SMILES string of the molecule is Cc1cc(=O)c(C(=O)Nc2cc(Cl)ccc2OCC(F)(F)F)nn1-c1ccccc1F. The molecule has 0 saturated heterocycles. The molecule has 11 heteroatoms. The summed E-state index contributed by atoms with van der Waals surface area (Å²) in [7, 11) is 0. The normalized spacial score (nSPS) is 11.3. The minimum Gasteiger partial charge on any atom is -0.482 e. The van der Waals surface area contributed by atoms with E-state index in [1.165, 1.54) is 31.2 Å². The van der Waals surface area contributed by atoms with Crippen LogP contribution in [0.4, 0.5) is 23.2 Å². The Hall–Kier alpha value is -3.40. The van der Waals surface area contributed by atoms with Crippen LogP contribution in [0.3, 0.4) is 0 Å². The summed E-state index contributed by atoms with van der Waals surface area (Å²) in [5.41, 5.74) is -1.28. The number of carbonyl (C=O) groups is 1. The molecule has 1 heterocycles. The maximum absolute atomic E-state index is 14.2. The van der Waals surface area contributed by atoms with Crippen molar-refractivity contribution in [3.05, 3.63) is 81.0 Å². The molecule has 3 aromatic rings. The van der Waals surface area contributed by atoms with Crippen molar-refractivity contribution in [3.8, 4) is 11.4 Å². The zero-order valence-corrected chi connectivity index (χ0v) is 16.6. The first-order valence-corrected chi connectivity index (χ1v) is 9.09. The largest absolute Gasteiger partial charge is 0.482 e. The monoisotopic (exact) mass is 455 g/mol. The zero-order valence-electron chi connectivity index (χ0n) is 15.8. The third kappa shape index (κ3) is 5.40. The highest BCUT2D eigenvalue weighted by atomic mass is 35.5. The Bertz CT molecular complexity index is 1200. The summed E-state index contributed by atoms with van der Waals surface area (Å²) in [5, 5.41) is 6.31. The third-order valence-corrected chi connectivity index (χ3v) is 4.22. The van der Waals surface area contributed by atoms with Gasteiger partial charge in [-0.1, -0.05) is 23.7 Å². The number of anilines is 1. The predicted octanol–water partition coefficient (Wildman–Crippen LogP) is 4.53. The molecule has 0 fully saturated rings. The van der Waals surface area contributed by atoms with E-state index in [0.29, 0.717) is 0 Å². The lowest BCUT2D eigenvalue weighted by Crippen LogP contribution is -2.27. The van der Waals surface area contributed by atoms with Crippen molar-refractivity contribution in [2.75, 3.05) is 11.9 Å². The van der Waals surface area contributed by atoms with E-state index in [0.717, 1.165) is 22.9 Å². The molecule has 0 unspecified atom stereocenters. The van der Waals surface area contributed by atoms with Crippen molar-refractivity contribution in [2.45, 2.75) is 13.1 Å². The van der Waals surface area contributed by atoms with E-state index in [-0.39, 0.29) is 27.8 Å². The molecule has 1 N–H and O–H groups in total. The quantitative estimate of drug-likeness (QED) is 0.574. The van der Waals surface area contributed by atoms with Crippen LogP contribution in [0.1, 0.15) is 16.2 Å². The molecule has 0 saturated carbocycles. The van der Waals surface area contributed by atoms with Gasteiger partial charge in [0.05, 0.1) is 5.69 Å². The van der Waals surface area contributed by atoms with Gasteiger partial charge in [-0.25, -0.2) is 9.07 Å². The molecule has 0 aliphatic heterocycles. The van der Waals surface area contributed by atoms with Crippen LogP contribution in [0.5, 0.6) is 5.75 Å². The molecular weight excluding hydrogens is 442 g/mol. The Morgan fingerprint density at radius 3 is 2.58 bits per heavy atom. The second-order valence-electron chi connectivity index (χ2n) is 6.36. The third-order valence-electron chi connectivity index (χ3n) is 3.98. The summed E-state index contributed by atoms with van der Waals surface area (Å²) in [6.45, 7) is -0.0943. The van der Waals surface area contributed by atoms with E-state index in [1.54, 1.807) is 6.07 Å². The van der Waals surface area contributed by atoms with Crippen molar-refractivity contribution < 1.29 is 27.1 Å². The maximum atomic E-state index is 14.2. The van der Waals surface area contributed by atoms with Crippen LogP contribution in [-0.4, -0.2) is 28.5 Å². The summed E-state index contributed by atoms with van der Waals surface area (Å²) < 4.78 is 57.4. The molecule has 0 aliphatic rings. The van der Waals surface area contributed by atoms with E-state index < -0.39 is 35.6 Å². The molecule has 162 valence electrons. The molecule has 0 atom stereocenters. The number of benzene rings is 2. The van der Waals surface area contributed by atoms with Gasteiger partial charge in [-0.2, -0.15) is 18.3 Å². The van der Waals surface area contributed by atoms with Crippen LogP contribution in [0.2, 0.25) is 5.02 Å². The van der Waals surface area contributed by atoms with Crippen molar-refractivity contribution in [3.63, 3.8) is 0 Å². The van der Waals surface area contributed by atoms with Crippen molar-refractivity contribution in [1.29, 1.82) is 0 Å². The van der Waals surface area contributed by atoms with E-state index in [4.69, 9.17) is 16.3 Å². The number of nitrogens with zero attached hydrogens (tertiary/aromatic N) is 2. The number of amides is 1. The topological polar surface area (TPSA) is 73.2 Å². The Balaban J connectivity index is 1.96. The van der Waals surface area contributed by atoms with Gasteiger partial charge in [0, 0.05) is 16.8 Å². The van der Waals surface area contributed by atoms with Gasteiger partial charge in [-0.15, -0.1) is 0 Å². The van der Waals surface area contributed by atoms with E-state index >= 15 is 0 Å². The van der Waals surface area contributed by atoms with Crippen LogP contribution in [0, 0.1) is 12.7 Å². The summed E-state index contributed by atoms with van der Waals surface area (Å²) >= 11 is 5.86. The number of alkyl halides is 3. The lowest BCUT2D eigenvalue weighted by Gasteiger charge is -2.15. The molecule has 2 aromatic carbocycles. The minimum absolute atomic E-state index is 0.00556. The molecule has 6 nitrogen and oxygen atoms in total. The lowest BCUT2D eigenvalue weighted by atomic mass is 10.2. The maximum Gasteiger partial charge on any atom is 0.422 e. The molecule has 1 aromatic heterocycles. The van der Waals surface area contributed by atoms with Crippen molar-refractivity contribution in [2.24, 2.45) is 0 Å². The standard InChI is InChI=1S/C20H14ClF4N3O3/c1-11-8-16(29)18(27-28(11)15-5-3-2-4-13(15)22)19(30)26-14-9-12(21)6-7-17(14)31-10-20(23,24)25/h2-9H,10H2,1H3,(H,26,30). The number of hydrogen-bond acceptors (Lipinski definition) is 4. The average molecular weight is 456 g/mol. The highest BCUT2D eigenvalue weighted by Crippen LogP contribution is 2.30. The second kappa shape index (κ2) is 8.76. The van der Waals surface area contributed by atoms with Gasteiger partial charge in [0.25, 0.3) is 5.91 Å². The smallest absolute Gasteiger partial charge is 0.422 e. The molecule has 3 rings (SSSR count). The zero-order chi connectivity index (χ0) is 22.8. The van der Waals surface area contributed by atoms with Crippen LogP contribution < -0.4 is 15.5 Å². The summed E-state index contributed by atoms with van der Waals surface area (Å²) in [5.74, 6) is -1.98. The fraction of sp³-hybridized carbons (Fsp3) is 0.150. The van der Waals surface area contributed by atoms with Gasteiger partial charge in [-0.05, 0) is 37.3 Å². The molecule has 31 heavy (non-hydrogen) atoms. The van der Waals surface area contributed by atoms with Crippen molar-refractivity contribution >= 4 is 23.2 Å². The summed E-state index contributed by atoms with van der Waals surface area (Å²) in [6, 6.07) is 10.3. The van der Waals surface area contributed by atoms with Crippen molar-refractivity contribution in [1.82, 2.24) is 9.78 Å². The van der Waals surface area contributed by atoms with Gasteiger partial charge in [0.1, 0.15) is 17.3 Å². The Morgan fingerprint density at radius 2 is 1.90 bits per heavy atom. The molecule has 0 spiro atoms. The van der Waals surface area contributed by atoms with Gasteiger partial charge in [0.15, 0.2) is 12.3 Å². The number of rotatable bonds is 5. The van der Waals surface area contributed by atoms with Crippen LogP contribution >= 0.6 is 11.6 Å². The van der Waals surface area contributed by atoms with Crippen LogP contribution in [-0.2, 0) is 0 Å². The van der Waals surface area contributed by atoms with E-state index in [1.807, 2.05) is 0 Å². The number of nitrogens with one attached hydrogen (secondary N) is 1. The first-order valence-electron chi connectivity index (χ1n) is 8.71. The summed E-state index contributed by atoms with van der Waals surface area (Å²) in [4.78, 5) is 25.0. The van der Waals surface area contributed by atoms with E-state index in [2.05, 4.69) is 10.4 Å². The fourth-order valence-corrected chi connectivity index (χ4v) is 2.81. The summed E-state index contributed by atoms with van der Waals surface area (Å²) in [6.07, 6.45) is -4.60. The lowest BCUT2D eigenvalue weighted by molar-refractivity contribution is -0.153. The first-order chi connectivity index (χ1) is 14.5. The number of hydrogen-bond donors (Lipinski definition) is 1. The molecule has 0 radical (unpaired) electrons. The first kappa shape index (κ1) is 22.3. The van der Waals surface area contributed by atoms with E-state index in [9.17, 15) is 27.2 Å². The average Bonchev–Trinajstić information content (AvgIpc) is 2.67. The van der Waals surface area contributed by atoms with Crippen LogP contribution in [0.15, 0.2) is 53.3 Å². The Kier molecular flexibility index (Phi) is 6.30. The van der Waals surface area contributed by atoms with Gasteiger partial charge in [-0.3, -0.25) is 9.59 Å². The predicted molar refractivity (Wildman–Crippen MR) is 105 cm³/mol. The molecule has 0 aliphatic carbocycles. The number of carbonyl (C=O) groups excluding carboxylic acids is 1. The minimum atomic E-state index is -4.60. The number of halogens is 5. The fourth-order valence-electron chi connectivity index (χ4n) is 2.64. The Morgan fingerprint density at radius 1 is 1.19 bits per heavy atom. The number of aromatic nitrogens is 2. The number of aryl methyl sites for hydroxylation is 1. The highest BCUT2D eigenvalue weighted by Gasteiger charge is 2.29. The molecule has 0 bridgehead atoms. The number of para-hydroxylation sites is 1. The molecular formula is C20H14ClF4N3O3. The number of ether oxygens (including phenoxy) is 1. The van der Waals surface area contributed by atoms with Gasteiger partial charge in [0.2, 0.25) is 5.43 Å².